The van der Waals surface area contributed by atoms with E-state index in [9.17, 15) is 4.79 Å². The number of anilines is 1. The van der Waals surface area contributed by atoms with Crippen molar-refractivity contribution in [2.45, 2.75) is 32.2 Å². The molecule has 1 aliphatic carbocycles. The average molecular weight is 464 g/mol. The molecule has 0 unspecified atom stereocenters. The molecule has 7 nitrogen and oxygen atoms in total. The average Bonchev–Trinajstić information content (AvgIpc) is 3.51. The lowest BCUT2D eigenvalue weighted by Gasteiger charge is -2.33. The molecule has 1 atom stereocenters. The van der Waals surface area contributed by atoms with Gasteiger partial charge in [-0.3, -0.25) is 4.79 Å². The number of fused-ring (bicyclic) bond motifs is 2. The van der Waals surface area contributed by atoms with Crippen molar-refractivity contribution in [3.8, 4) is 11.5 Å². The maximum atomic E-state index is 12.9. The second-order valence-electron chi connectivity index (χ2n) is 9.08. The van der Waals surface area contributed by atoms with Crippen LogP contribution in [-0.4, -0.2) is 48.7 Å². The van der Waals surface area contributed by atoms with Crippen LogP contribution in [0.3, 0.4) is 0 Å². The third kappa shape index (κ3) is 3.98. The Morgan fingerprint density at radius 1 is 1.12 bits per heavy atom. The number of ketones is 1. The Balaban J connectivity index is 1.15. The Kier molecular flexibility index (Phi) is 5.27. The highest BCUT2D eigenvalue weighted by Gasteiger charge is 2.32. The minimum atomic E-state index is 0.177. The predicted octanol–water partition coefficient (Wildman–Crippen LogP) is 2.39. The van der Waals surface area contributed by atoms with Crippen molar-refractivity contribution in [3.63, 3.8) is 0 Å². The van der Waals surface area contributed by atoms with Crippen LogP contribution in [0.5, 0.6) is 11.5 Å². The molecule has 170 valence electrons. The number of nitrogens with one attached hydrogen (secondary N) is 1. The smallest absolute Gasteiger partial charge is 0.231 e. The first kappa shape index (κ1) is 20.6. The van der Waals surface area contributed by atoms with E-state index in [-0.39, 0.29) is 11.7 Å². The fourth-order valence-corrected chi connectivity index (χ4v) is 5.99. The van der Waals surface area contributed by atoms with Gasteiger partial charge in [0.2, 0.25) is 12.7 Å². The third-order valence-electron chi connectivity index (χ3n) is 6.89. The summed E-state index contributed by atoms with van der Waals surface area (Å²) in [4.78, 5) is 27.6. The van der Waals surface area contributed by atoms with Crippen LogP contribution in [0, 0.1) is 6.92 Å². The summed E-state index contributed by atoms with van der Waals surface area (Å²) >= 11 is 1.73. The van der Waals surface area contributed by atoms with E-state index in [1.165, 1.54) is 15.3 Å². The fourth-order valence-electron chi connectivity index (χ4n) is 5.16. The summed E-state index contributed by atoms with van der Waals surface area (Å²) in [5.41, 5.74) is 3.75. The van der Waals surface area contributed by atoms with Gasteiger partial charge in [0, 0.05) is 22.8 Å². The molecule has 1 saturated heterocycles. The van der Waals surface area contributed by atoms with Crippen molar-refractivity contribution in [2.24, 2.45) is 0 Å². The van der Waals surface area contributed by atoms with Gasteiger partial charge in [-0.1, -0.05) is 6.07 Å². The van der Waals surface area contributed by atoms with Crippen LogP contribution in [0.1, 0.15) is 44.5 Å². The monoisotopic (exact) mass is 463 g/mol. The summed E-state index contributed by atoms with van der Waals surface area (Å²) in [6, 6.07) is 10.4. The van der Waals surface area contributed by atoms with Crippen LogP contribution in [0.4, 0.5) is 5.95 Å². The van der Waals surface area contributed by atoms with E-state index < -0.39 is 0 Å². The van der Waals surface area contributed by atoms with Crippen molar-refractivity contribution < 1.29 is 19.2 Å². The summed E-state index contributed by atoms with van der Waals surface area (Å²) < 4.78 is 10.9. The van der Waals surface area contributed by atoms with Crippen LogP contribution in [0.25, 0.3) is 0 Å². The van der Waals surface area contributed by atoms with E-state index in [0.717, 1.165) is 73.5 Å². The van der Waals surface area contributed by atoms with Crippen molar-refractivity contribution >= 4 is 23.1 Å². The molecule has 0 bridgehead atoms. The molecule has 2 aliphatic heterocycles. The number of aryl methyl sites for hydroxylation is 1. The number of rotatable bonds is 4. The number of piperazine rings is 1. The van der Waals surface area contributed by atoms with Gasteiger partial charge in [0.1, 0.15) is 6.54 Å². The number of Topliss-reactive ketones (excluding diaryl/α,β-unsaturated/α-hetero) is 1. The Morgan fingerprint density at radius 2 is 1.97 bits per heavy atom. The van der Waals surface area contributed by atoms with Gasteiger partial charge in [0.15, 0.2) is 17.3 Å². The SMILES string of the molecule is Cc1nc(N2CC[NH+](Cc3ccc4c(c3)OCO4)CC2)nc2c1C(=O)C[C@@H](c1cccs1)C2. The zero-order valence-corrected chi connectivity index (χ0v) is 19.5. The number of carbonyl (C=O) groups is 1. The van der Waals surface area contributed by atoms with E-state index >= 15 is 0 Å². The molecule has 0 radical (unpaired) electrons. The number of ether oxygens (including phenoxy) is 2. The van der Waals surface area contributed by atoms with Crippen LogP contribution in [0.2, 0.25) is 0 Å². The Labute approximate surface area is 197 Å². The van der Waals surface area contributed by atoms with E-state index in [1.54, 1.807) is 11.3 Å². The summed E-state index contributed by atoms with van der Waals surface area (Å²) in [5, 5.41) is 2.08. The second-order valence-corrected chi connectivity index (χ2v) is 10.1. The highest BCUT2D eigenvalue weighted by atomic mass is 32.1. The number of aromatic nitrogens is 2. The molecule has 3 aromatic rings. The molecule has 1 aromatic carbocycles. The Hall–Kier alpha value is -2.97. The standard InChI is InChI=1S/C25H26N4O3S/c1-16-24-19(12-18(13-20(24)30)23-3-2-10-33-23)27-25(26-16)29-8-6-28(7-9-29)14-17-4-5-21-22(11-17)32-15-31-21/h2-5,10-11,18H,6-9,12-15H2,1H3/p+1/t18-/m0/s1. The predicted molar refractivity (Wildman–Crippen MR) is 126 cm³/mol. The molecular formula is C25H27N4O3S+. The number of quaternary nitrogens is 1. The van der Waals surface area contributed by atoms with Gasteiger partial charge in [-0.05, 0) is 43.0 Å². The molecule has 33 heavy (non-hydrogen) atoms. The number of hydrogen-bond acceptors (Lipinski definition) is 7. The quantitative estimate of drug-likeness (QED) is 0.641. The molecule has 2 aromatic heterocycles. The molecule has 1 fully saturated rings. The number of carbonyl (C=O) groups excluding carboxylic acids is 1. The van der Waals surface area contributed by atoms with Gasteiger partial charge < -0.3 is 19.3 Å². The van der Waals surface area contributed by atoms with Crippen molar-refractivity contribution in [1.82, 2.24) is 9.97 Å². The van der Waals surface area contributed by atoms with Crippen LogP contribution in [0.15, 0.2) is 35.7 Å². The van der Waals surface area contributed by atoms with Crippen molar-refractivity contribution in [1.29, 1.82) is 0 Å². The lowest BCUT2D eigenvalue weighted by atomic mass is 9.84. The lowest BCUT2D eigenvalue weighted by molar-refractivity contribution is -0.914. The number of hydrogen-bond donors (Lipinski definition) is 1. The highest BCUT2D eigenvalue weighted by molar-refractivity contribution is 7.10. The minimum Gasteiger partial charge on any atom is -0.454 e. The fraction of sp³-hybridized carbons (Fsp3) is 0.400. The van der Waals surface area contributed by atoms with Gasteiger partial charge in [0.25, 0.3) is 0 Å². The maximum Gasteiger partial charge on any atom is 0.231 e. The van der Waals surface area contributed by atoms with Crippen LogP contribution >= 0.6 is 11.3 Å². The first-order chi connectivity index (χ1) is 16.1. The van der Waals surface area contributed by atoms with E-state index in [0.29, 0.717) is 13.2 Å². The van der Waals surface area contributed by atoms with Crippen LogP contribution < -0.4 is 19.3 Å². The summed E-state index contributed by atoms with van der Waals surface area (Å²) in [6.07, 6.45) is 1.37. The van der Waals surface area contributed by atoms with Gasteiger partial charge in [0.05, 0.1) is 43.1 Å². The van der Waals surface area contributed by atoms with E-state index in [1.807, 2.05) is 13.0 Å². The molecule has 1 N–H and O–H groups in total. The second kappa shape index (κ2) is 8.43. The number of thiophene rings is 1. The zero-order valence-electron chi connectivity index (χ0n) is 18.7. The van der Waals surface area contributed by atoms with Gasteiger partial charge in [-0.25, -0.2) is 9.97 Å². The molecular weight excluding hydrogens is 436 g/mol. The molecule has 0 amide bonds. The first-order valence-electron chi connectivity index (χ1n) is 11.5. The topological polar surface area (TPSA) is 69.0 Å². The highest BCUT2D eigenvalue weighted by Crippen LogP contribution is 2.35. The zero-order chi connectivity index (χ0) is 22.4. The summed E-state index contributed by atoms with van der Waals surface area (Å²) in [5.74, 6) is 2.86. The Morgan fingerprint density at radius 3 is 2.79 bits per heavy atom. The van der Waals surface area contributed by atoms with Crippen molar-refractivity contribution in [3.05, 3.63) is 63.1 Å². The molecule has 8 heteroatoms. The molecule has 4 heterocycles. The molecule has 6 rings (SSSR count). The summed E-state index contributed by atoms with van der Waals surface area (Å²) in [7, 11) is 0. The van der Waals surface area contributed by atoms with E-state index in [2.05, 4.69) is 34.5 Å². The van der Waals surface area contributed by atoms with Gasteiger partial charge in [-0.2, -0.15) is 0 Å². The van der Waals surface area contributed by atoms with Crippen LogP contribution in [-0.2, 0) is 13.0 Å². The number of benzene rings is 1. The summed E-state index contributed by atoms with van der Waals surface area (Å²) in [6.45, 7) is 7.07. The molecule has 0 spiro atoms. The maximum absolute atomic E-state index is 12.9. The molecule has 0 saturated carbocycles. The Bertz CT molecular complexity index is 1190. The lowest BCUT2D eigenvalue weighted by Crippen LogP contribution is -3.13. The van der Waals surface area contributed by atoms with Gasteiger partial charge in [-0.15, -0.1) is 11.3 Å². The minimum absolute atomic E-state index is 0.177. The van der Waals surface area contributed by atoms with E-state index in [4.69, 9.17) is 19.4 Å². The first-order valence-corrected chi connectivity index (χ1v) is 12.4. The normalized spacial score (nSPS) is 20.2. The number of nitrogens with zero attached hydrogens (tertiary/aromatic N) is 3. The van der Waals surface area contributed by atoms with Gasteiger partial charge >= 0.3 is 0 Å². The van der Waals surface area contributed by atoms with Crippen molar-refractivity contribution in [2.75, 3.05) is 37.9 Å². The largest absolute Gasteiger partial charge is 0.454 e. The molecule has 3 aliphatic rings. The third-order valence-corrected chi connectivity index (χ3v) is 7.93.